The lowest BCUT2D eigenvalue weighted by Crippen LogP contribution is -2.41. The van der Waals surface area contributed by atoms with Crippen LogP contribution in [-0.2, 0) is 0 Å². The minimum absolute atomic E-state index is 0.304. The molecule has 1 aliphatic rings. The molecule has 0 saturated heterocycles. The van der Waals surface area contributed by atoms with Crippen LogP contribution in [0.1, 0.15) is 64.2 Å². The largest absolute Gasteiger partial charge is 0.331 e. The third-order valence-corrected chi connectivity index (χ3v) is 4.38. The highest BCUT2D eigenvalue weighted by Gasteiger charge is 2.29. The molecule has 0 radical (unpaired) electrons. The van der Waals surface area contributed by atoms with Crippen LogP contribution in [0.3, 0.4) is 0 Å². The summed E-state index contributed by atoms with van der Waals surface area (Å²) in [5.74, 6) is 0. The van der Waals surface area contributed by atoms with E-state index in [2.05, 4.69) is 35.2 Å². The van der Waals surface area contributed by atoms with Crippen molar-refractivity contribution < 1.29 is 0 Å². The van der Waals surface area contributed by atoms with E-state index in [9.17, 15) is 0 Å². The van der Waals surface area contributed by atoms with Gasteiger partial charge in [0.2, 0.25) is 0 Å². The van der Waals surface area contributed by atoms with Crippen LogP contribution in [0.15, 0.2) is 12.5 Å². The lowest BCUT2D eigenvalue weighted by atomic mass is 10.1. The average Bonchev–Trinajstić information content (AvgIpc) is 3.06. The molecule has 1 heterocycles. The first-order valence-electron chi connectivity index (χ1n) is 7.66. The fourth-order valence-electron chi connectivity index (χ4n) is 3.40. The highest BCUT2D eigenvalue weighted by Crippen LogP contribution is 2.31. The monoisotopic (exact) mass is 264 g/mol. The van der Waals surface area contributed by atoms with Crippen molar-refractivity contribution in [3.8, 4) is 0 Å². The zero-order chi connectivity index (χ0) is 13.8. The summed E-state index contributed by atoms with van der Waals surface area (Å²) < 4.78 is 2.26. The molecule has 1 aliphatic carbocycles. The van der Waals surface area contributed by atoms with Gasteiger partial charge in [-0.15, -0.1) is 0 Å². The van der Waals surface area contributed by atoms with Crippen molar-refractivity contribution in [1.82, 2.24) is 14.5 Å². The number of aromatic nitrogens is 2. The van der Waals surface area contributed by atoms with Crippen LogP contribution in [0.25, 0.3) is 0 Å². The maximum absolute atomic E-state index is 6.09. The molecular formula is C15H28N4. The standard InChI is InChI=1S/C15H28N4/c1-4-18(13-7-5-6-8-13)14(9-16)15-10-17-11-19(15)12(2)3/h10-14H,4-9,16H2,1-3H3. The van der Waals surface area contributed by atoms with Crippen LogP contribution in [0.2, 0.25) is 0 Å². The lowest BCUT2D eigenvalue weighted by molar-refractivity contribution is 0.140. The Morgan fingerprint density at radius 1 is 1.42 bits per heavy atom. The van der Waals surface area contributed by atoms with E-state index >= 15 is 0 Å². The van der Waals surface area contributed by atoms with E-state index in [-0.39, 0.29) is 0 Å². The fraction of sp³-hybridized carbons (Fsp3) is 0.800. The van der Waals surface area contributed by atoms with Gasteiger partial charge in [0.15, 0.2) is 0 Å². The van der Waals surface area contributed by atoms with E-state index in [1.54, 1.807) is 0 Å². The summed E-state index contributed by atoms with van der Waals surface area (Å²) in [4.78, 5) is 6.92. The molecule has 0 amide bonds. The first-order chi connectivity index (χ1) is 9.19. The predicted octanol–water partition coefficient (Wildman–Crippen LogP) is 2.73. The molecule has 108 valence electrons. The molecule has 1 atom stereocenters. The van der Waals surface area contributed by atoms with Crippen LogP contribution < -0.4 is 5.73 Å². The van der Waals surface area contributed by atoms with Gasteiger partial charge in [0.05, 0.1) is 18.1 Å². The zero-order valence-corrected chi connectivity index (χ0v) is 12.5. The van der Waals surface area contributed by atoms with Gasteiger partial charge < -0.3 is 10.3 Å². The van der Waals surface area contributed by atoms with Crippen molar-refractivity contribution in [3.05, 3.63) is 18.2 Å². The van der Waals surface area contributed by atoms with Crippen molar-refractivity contribution in [1.29, 1.82) is 0 Å². The first kappa shape index (κ1) is 14.5. The Kier molecular flexibility index (Phi) is 4.99. The lowest BCUT2D eigenvalue weighted by Gasteiger charge is -2.35. The Morgan fingerprint density at radius 3 is 2.63 bits per heavy atom. The van der Waals surface area contributed by atoms with Gasteiger partial charge in [-0.1, -0.05) is 19.8 Å². The second kappa shape index (κ2) is 6.53. The van der Waals surface area contributed by atoms with Gasteiger partial charge in [0.25, 0.3) is 0 Å². The number of rotatable bonds is 6. The number of likely N-dealkylation sites (N-methyl/N-ethyl adjacent to an activating group) is 1. The van der Waals surface area contributed by atoms with E-state index < -0.39 is 0 Å². The van der Waals surface area contributed by atoms with Crippen LogP contribution >= 0.6 is 0 Å². The highest BCUT2D eigenvalue weighted by molar-refractivity contribution is 5.08. The molecule has 1 aromatic heterocycles. The third-order valence-electron chi connectivity index (χ3n) is 4.38. The molecule has 0 aliphatic heterocycles. The number of imidazole rings is 1. The Morgan fingerprint density at radius 2 is 2.11 bits per heavy atom. The van der Waals surface area contributed by atoms with Gasteiger partial charge in [-0.3, -0.25) is 4.90 Å². The summed E-state index contributed by atoms with van der Waals surface area (Å²) in [5, 5.41) is 0. The van der Waals surface area contributed by atoms with Gasteiger partial charge in [0.1, 0.15) is 0 Å². The maximum Gasteiger partial charge on any atom is 0.0951 e. The highest BCUT2D eigenvalue weighted by atomic mass is 15.2. The van der Waals surface area contributed by atoms with Crippen LogP contribution in [0, 0.1) is 0 Å². The summed E-state index contributed by atoms with van der Waals surface area (Å²) >= 11 is 0. The second-order valence-electron chi connectivity index (χ2n) is 5.84. The predicted molar refractivity (Wildman–Crippen MR) is 79.0 cm³/mol. The minimum atomic E-state index is 0.304. The van der Waals surface area contributed by atoms with Gasteiger partial charge in [-0.2, -0.15) is 0 Å². The van der Waals surface area contributed by atoms with Crippen molar-refractivity contribution >= 4 is 0 Å². The molecule has 4 nitrogen and oxygen atoms in total. The van der Waals surface area contributed by atoms with Gasteiger partial charge >= 0.3 is 0 Å². The SMILES string of the molecule is CCN(C1CCCC1)C(CN)c1cncn1C(C)C. The molecule has 4 heteroatoms. The maximum atomic E-state index is 6.09. The van der Waals surface area contributed by atoms with Crippen molar-refractivity contribution in [3.63, 3.8) is 0 Å². The Balaban J connectivity index is 2.23. The molecule has 1 aromatic rings. The molecule has 2 rings (SSSR count). The average molecular weight is 264 g/mol. The molecule has 2 N–H and O–H groups in total. The number of hydrogen-bond acceptors (Lipinski definition) is 3. The van der Waals surface area contributed by atoms with Gasteiger partial charge in [-0.05, 0) is 33.2 Å². The Bertz CT molecular complexity index is 379. The van der Waals surface area contributed by atoms with E-state index in [1.165, 1.54) is 31.4 Å². The number of nitrogens with two attached hydrogens (primary N) is 1. The summed E-state index contributed by atoms with van der Waals surface area (Å²) in [7, 11) is 0. The van der Waals surface area contributed by atoms with E-state index in [0.29, 0.717) is 24.7 Å². The van der Waals surface area contributed by atoms with Crippen molar-refractivity contribution in [2.45, 2.75) is 64.6 Å². The smallest absolute Gasteiger partial charge is 0.0951 e. The summed E-state index contributed by atoms with van der Waals surface area (Å²) in [6, 6.07) is 1.45. The molecule has 1 fully saturated rings. The minimum Gasteiger partial charge on any atom is -0.331 e. The van der Waals surface area contributed by atoms with E-state index in [0.717, 1.165) is 6.54 Å². The van der Waals surface area contributed by atoms with Gasteiger partial charge in [-0.25, -0.2) is 4.98 Å². The molecule has 1 unspecified atom stereocenters. The molecule has 1 saturated carbocycles. The Hall–Kier alpha value is -0.870. The van der Waals surface area contributed by atoms with E-state index in [1.807, 2.05) is 12.5 Å². The molecular weight excluding hydrogens is 236 g/mol. The molecule has 0 aromatic carbocycles. The fourth-order valence-corrected chi connectivity index (χ4v) is 3.40. The summed E-state index contributed by atoms with van der Waals surface area (Å²) in [6.07, 6.45) is 9.30. The first-order valence-corrected chi connectivity index (χ1v) is 7.66. The normalized spacial score (nSPS) is 18.6. The van der Waals surface area contributed by atoms with Crippen molar-refractivity contribution in [2.75, 3.05) is 13.1 Å². The topological polar surface area (TPSA) is 47.1 Å². The zero-order valence-electron chi connectivity index (χ0n) is 12.5. The molecule has 0 bridgehead atoms. The second-order valence-corrected chi connectivity index (χ2v) is 5.84. The molecule has 0 spiro atoms. The molecule has 19 heavy (non-hydrogen) atoms. The summed E-state index contributed by atoms with van der Waals surface area (Å²) in [6.45, 7) is 8.38. The van der Waals surface area contributed by atoms with E-state index in [4.69, 9.17) is 5.73 Å². The Labute approximate surface area is 117 Å². The quantitative estimate of drug-likeness (QED) is 0.859. The number of nitrogens with zero attached hydrogens (tertiary/aromatic N) is 3. The summed E-state index contributed by atoms with van der Waals surface area (Å²) in [5.41, 5.74) is 7.36. The third kappa shape index (κ3) is 3.00. The van der Waals surface area contributed by atoms with Crippen molar-refractivity contribution in [2.24, 2.45) is 5.73 Å². The van der Waals surface area contributed by atoms with Crippen LogP contribution in [0.4, 0.5) is 0 Å². The van der Waals surface area contributed by atoms with Crippen LogP contribution in [-0.4, -0.2) is 33.6 Å². The number of hydrogen-bond donors (Lipinski definition) is 1. The van der Waals surface area contributed by atoms with Gasteiger partial charge in [0, 0.05) is 24.8 Å². The van der Waals surface area contributed by atoms with Crippen LogP contribution in [0.5, 0.6) is 0 Å².